The zero-order chi connectivity index (χ0) is 25.8. The lowest BCUT2D eigenvalue weighted by molar-refractivity contribution is -0.145. The molecule has 1 saturated heterocycles. The average Bonchev–Trinajstić information content (AvgIpc) is 3.32. The van der Waals surface area contributed by atoms with Gasteiger partial charge in [0.2, 0.25) is 5.91 Å². The smallest absolute Gasteiger partial charge is 0.262 e. The van der Waals surface area contributed by atoms with Crippen LogP contribution in [0.4, 0.5) is 4.39 Å². The minimum absolute atomic E-state index is 0.00582. The van der Waals surface area contributed by atoms with Crippen molar-refractivity contribution in [2.45, 2.75) is 31.7 Å². The highest BCUT2D eigenvalue weighted by molar-refractivity contribution is 6.31. The monoisotopic (exact) mass is 526 g/mol. The van der Waals surface area contributed by atoms with E-state index in [0.29, 0.717) is 43.5 Å². The number of ether oxygens (including phenoxy) is 1. The maximum Gasteiger partial charge on any atom is 0.262 e. The Bertz CT molecular complexity index is 1150. The van der Waals surface area contributed by atoms with E-state index < -0.39 is 6.04 Å². The van der Waals surface area contributed by atoms with Gasteiger partial charge in [-0.15, -0.1) is 0 Å². The van der Waals surface area contributed by atoms with E-state index in [-0.39, 0.29) is 30.1 Å². The molecule has 5 rings (SSSR count). The molecule has 1 saturated carbocycles. The van der Waals surface area contributed by atoms with Gasteiger partial charge < -0.3 is 9.64 Å². The third-order valence-electron chi connectivity index (χ3n) is 7.49. The third-order valence-corrected chi connectivity index (χ3v) is 7.83. The Labute approximate surface area is 221 Å². The molecule has 9 heteroatoms. The number of benzene rings is 2. The molecule has 37 heavy (non-hydrogen) atoms. The van der Waals surface area contributed by atoms with Crippen LogP contribution in [0.25, 0.3) is 0 Å². The van der Waals surface area contributed by atoms with E-state index in [2.05, 4.69) is 10.0 Å². The molecule has 1 aliphatic carbocycles. The van der Waals surface area contributed by atoms with Gasteiger partial charge in [0.25, 0.3) is 5.91 Å². The molecule has 1 atom stereocenters. The predicted molar refractivity (Wildman–Crippen MR) is 140 cm³/mol. The van der Waals surface area contributed by atoms with Crippen LogP contribution in [0.15, 0.2) is 53.6 Å². The van der Waals surface area contributed by atoms with Gasteiger partial charge in [0.05, 0.1) is 25.0 Å². The summed E-state index contributed by atoms with van der Waals surface area (Å²) in [7, 11) is 0. The fourth-order valence-electron chi connectivity index (χ4n) is 5.05. The molecule has 2 heterocycles. The second-order valence-electron chi connectivity index (χ2n) is 9.87. The molecule has 2 fully saturated rings. The Balaban J connectivity index is 1.37. The lowest BCUT2D eigenvalue weighted by Gasteiger charge is -2.34. The number of halogens is 2. The van der Waals surface area contributed by atoms with Crippen molar-refractivity contribution in [3.8, 4) is 0 Å². The number of amides is 2. The highest BCUT2D eigenvalue weighted by Gasteiger charge is 2.37. The first-order valence-electron chi connectivity index (χ1n) is 13.0. The van der Waals surface area contributed by atoms with Gasteiger partial charge in [0, 0.05) is 43.5 Å². The Hall–Kier alpha value is -2.81. The second-order valence-corrected chi connectivity index (χ2v) is 10.3. The predicted octanol–water partition coefficient (Wildman–Crippen LogP) is 4.12. The van der Waals surface area contributed by atoms with Crippen LogP contribution in [0.1, 0.15) is 42.9 Å². The van der Waals surface area contributed by atoms with Gasteiger partial charge in [0.15, 0.2) is 0 Å². The Morgan fingerprint density at radius 1 is 1.08 bits per heavy atom. The van der Waals surface area contributed by atoms with Crippen LogP contribution in [0, 0.1) is 11.7 Å². The largest absolute Gasteiger partial charge is 0.379 e. The SMILES string of the molecule is O=C(C1CCC1)N(CCN1CCOCC1)CC(=O)N1N=C(c2ccc(F)cc2)CC1c1ccccc1Cl. The molecular formula is C28H32ClFN4O3. The van der Waals surface area contributed by atoms with E-state index >= 15 is 0 Å². The fraction of sp³-hybridized carbons (Fsp3) is 0.464. The number of rotatable bonds is 8. The van der Waals surface area contributed by atoms with Crippen LogP contribution < -0.4 is 0 Å². The molecular weight excluding hydrogens is 495 g/mol. The Morgan fingerprint density at radius 2 is 1.81 bits per heavy atom. The molecule has 7 nitrogen and oxygen atoms in total. The zero-order valence-electron chi connectivity index (χ0n) is 20.8. The molecule has 0 spiro atoms. The first kappa shape index (κ1) is 25.8. The lowest BCUT2D eigenvalue weighted by atomic mass is 9.84. The number of hydrogen-bond donors (Lipinski definition) is 0. The lowest BCUT2D eigenvalue weighted by Crippen LogP contribution is -2.49. The van der Waals surface area contributed by atoms with Crippen molar-refractivity contribution in [1.82, 2.24) is 14.8 Å². The standard InChI is InChI=1S/C28H32ClFN4O3/c29-24-7-2-1-6-23(24)26-18-25(20-8-10-22(30)11-9-20)31-34(26)27(35)19-33(28(36)21-4-3-5-21)13-12-32-14-16-37-17-15-32/h1-2,6-11,21,26H,3-5,12-19H2. The van der Waals surface area contributed by atoms with Crippen LogP contribution in [0.2, 0.25) is 5.02 Å². The molecule has 0 N–H and O–H groups in total. The van der Waals surface area contributed by atoms with Crippen molar-refractivity contribution in [2.24, 2.45) is 11.0 Å². The summed E-state index contributed by atoms with van der Waals surface area (Å²) in [6.07, 6.45) is 3.25. The number of carbonyl (C=O) groups is 2. The zero-order valence-corrected chi connectivity index (χ0v) is 21.6. The first-order chi connectivity index (χ1) is 18.0. The molecule has 3 aliphatic rings. The van der Waals surface area contributed by atoms with Crippen molar-refractivity contribution in [2.75, 3.05) is 45.9 Å². The van der Waals surface area contributed by atoms with Crippen LogP contribution in [0.5, 0.6) is 0 Å². The molecule has 0 bridgehead atoms. The van der Waals surface area contributed by atoms with Crippen molar-refractivity contribution in [3.63, 3.8) is 0 Å². The molecule has 196 valence electrons. The highest BCUT2D eigenvalue weighted by Crippen LogP contribution is 2.36. The number of nitrogens with zero attached hydrogens (tertiary/aromatic N) is 4. The number of hydrazone groups is 1. The minimum atomic E-state index is -0.402. The summed E-state index contributed by atoms with van der Waals surface area (Å²) >= 11 is 6.53. The van der Waals surface area contributed by atoms with E-state index in [4.69, 9.17) is 16.3 Å². The van der Waals surface area contributed by atoms with E-state index in [1.807, 2.05) is 18.2 Å². The van der Waals surface area contributed by atoms with Crippen LogP contribution >= 0.6 is 11.6 Å². The van der Waals surface area contributed by atoms with E-state index in [9.17, 15) is 14.0 Å². The van der Waals surface area contributed by atoms with Gasteiger partial charge in [-0.3, -0.25) is 14.5 Å². The molecule has 0 aromatic heterocycles. The third kappa shape index (κ3) is 6.03. The van der Waals surface area contributed by atoms with Crippen molar-refractivity contribution >= 4 is 29.1 Å². The quantitative estimate of drug-likeness (QED) is 0.519. The maximum absolute atomic E-state index is 13.8. The second kappa shape index (κ2) is 11.7. The molecule has 2 amide bonds. The van der Waals surface area contributed by atoms with E-state index in [1.165, 1.54) is 17.1 Å². The summed E-state index contributed by atoms with van der Waals surface area (Å²) in [6.45, 7) is 4.17. The average molecular weight is 527 g/mol. The molecule has 1 unspecified atom stereocenters. The number of carbonyl (C=O) groups excluding carboxylic acids is 2. The summed E-state index contributed by atoms with van der Waals surface area (Å²) in [5.74, 6) is -0.544. The van der Waals surface area contributed by atoms with Gasteiger partial charge in [-0.25, -0.2) is 9.40 Å². The molecule has 0 radical (unpaired) electrons. The summed E-state index contributed by atoms with van der Waals surface area (Å²) in [5, 5.41) is 6.70. The van der Waals surface area contributed by atoms with Crippen LogP contribution in [-0.2, 0) is 14.3 Å². The van der Waals surface area contributed by atoms with Crippen LogP contribution in [0.3, 0.4) is 0 Å². The number of hydrogen-bond acceptors (Lipinski definition) is 5. The summed E-state index contributed by atoms with van der Waals surface area (Å²) < 4.78 is 19.0. The van der Waals surface area contributed by atoms with Gasteiger partial charge in [-0.1, -0.05) is 48.4 Å². The first-order valence-corrected chi connectivity index (χ1v) is 13.4. The molecule has 2 aromatic carbocycles. The molecule has 2 aliphatic heterocycles. The number of morpholine rings is 1. The normalized spacial score (nSPS) is 20.4. The minimum Gasteiger partial charge on any atom is -0.379 e. The summed E-state index contributed by atoms with van der Waals surface area (Å²) in [4.78, 5) is 31.0. The van der Waals surface area contributed by atoms with Gasteiger partial charge in [-0.05, 0) is 42.2 Å². The van der Waals surface area contributed by atoms with Crippen molar-refractivity contribution in [1.29, 1.82) is 0 Å². The van der Waals surface area contributed by atoms with E-state index in [1.54, 1.807) is 23.1 Å². The summed E-state index contributed by atoms with van der Waals surface area (Å²) in [5.41, 5.74) is 2.23. The Morgan fingerprint density at radius 3 is 2.49 bits per heavy atom. The van der Waals surface area contributed by atoms with Gasteiger partial charge in [-0.2, -0.15) is 5.10 Å². The molecule has 2 aromatic rings. The Kier molecular flexibility index (Phi) is 8.17. The fourth-order valence-corrected chi connectivity index (χ4v) is 5.31. The van der Waals surface area contributed by atoms with Crippen LogP contribution in [-0.4, -0.2) is 78.3 Å². The van der Waals surface area contributed by atoms with Crippen molar-refractivity contribution in [3.05, 3.63) is 70.5 Å². The van der Waals surface area contributed by atoms with E-state index in [0.717, 1.165) is 43.5 Å². The van der Waals surface area contributed by atoms with Gasteiger partial charge >= 0.3 is 0 Å². The topological polar surface area (TPSA) is 65.5 Å². The maximum atomic E-state index is 13.8. The highest BCUT2D eigenvalue weighted by atomic mass is 35.5. The summed E-state index contributed by atoms with van der Waals surface area (Å²) in [6, 6.07) is 13.1. The van der Waals surface area contributed by atoms with Gasteiger partial charge in [0.1, 0.15) is 12.4 Å². The van der Waals surface area contributed by atoms with Crippen molar-refractivity contribution < 1.29 is 18.7 Å².